The third-order valence-electron chi connectivity index (χ3n) is 1.84. The van der Waals surface area contributed by atoms with Crippen molar-refractivity contribution in [2.75, 3.05) is 6.61 Å². The minimum Gasteiger partial charge on any atom is -0.490 e. The molecule has 0 aliphatic heterocycles. The Kier molecular flexibility index (Phi) is 7.67. The zero-order chi connectivity index (χ0) is 11.3. The van der Waals surface area contributed by atoms with Crippen molar-refractivity contribution in [3.8, 4) is 5.75 Å². The Bertz CT molecular complexity index is 335. The third kappa shape index (κ3) is 5.54. The van der Waals surface area contributed by atoms with Gasteiger partial charge in [0.15, 0.2) is 0 Å². The van der Waals surface area contributed by atoms with E-state index in [1.54, 1.807) is 6.08 Å². The van der Waals surface area contributed by atoms with Crippen LogP contribution in [0.3, 0.4) is 0 Å². The van der Waals surface area contributed by atoms with Crippen LogP contribution in [0.1, 0.15) is 6.92 Å². The largest absolute Gasteiger partial charge is 1.00 e. The van der Waals surface area contributed by atoms with Crippen molar-refractivity contribution in [3.05, 3.63) is 36.4 Å². The summed E-state index contributed by atoms with van der Waals surface area (Å²) in [5.41, 5.74) is -0.603. The quantitative estimate of drug-likeness (QED) is 0.529. The van der Waals surface area contributed by atoms with Crippen LogP contribution in [0.15, 0.2) is 36.4 Å². The van der Waals surface area contributed by atoms with Crippen LogP contribution in [-0.4, -0.2) is 13.6 Å². The number of hydrogen-bond acceptors (Lipinski definition) is 1. The fraction of sp³-hybridized carbons (Fsp3) is 0.200. The van der Waals surface area contributed by atoms with Gasteiger partial charge in [0.05, 0.1) is 0 Å². The van der Waals surface area contributed by atoms with Crippen LogP contribution < -0.4 is 61.6 Å². The summed E-state index contributed by atoms with van der Waals surface area (Å²) in [5.74, 6) is 0.442. The van der Waals surface area contributed by atoms with Crippen molar-refractivity contribution in [2.24, 2.45) is 0 Å². The molecule has 0 aliphatic carbocycles. The molecule has 0 bridgehead atoms. The first-order valence-corrected chi connectivity index (χ1v) is 4.58. The summed E-state index contributed by atoms with van der Waals surface area (Å²) in [4.78, 5) is 0. The van der Waals surface area contributed by atoms with Crippen molar-refractivity contribution in [2.45, 2.75) is 6.92 Å². The summed E-state index contributed by atoms with van der Waals surface area (Å²) in [6.45, 7) is -2.69. The molecule has 1 aromatic rings. The van der Waals surface area contributed by atoms with E-state index in [1.807, 2.05) is 13.0 Å². The molecule has 0 saturated carbocycles. The smallest absolute Gasteiger partial charge is 0.490 e. The van der Waals surface area contributed by atoms with Crippen LogP contribution in [0.2, 0.25) is 0 Å². The molecule has 0 atom stereocenters. The van der Waals surface area contributed by atoms with E-state index in [9.17, 15) is 12.9 Å². The zero-order valence-corrected chi connectivity index (χ0v) is 12.4. The van der Waals surface area contributed by atoms with Crippen LogP contribution in [0.4, 0.5) is 12.9 Å². The number of rotatable bonds is 4. The zero-order valence-electron chi connectivity index (χ0n) is 9.29. The summed E-state index contributed by atoms with van der Waals surface area (Å²) >= 11 is 0. The van der Waals surface area contributed by atoms with E-state index in [4.69, 9.17) is 4.74 Å². The normalized spacial score (nSPS) is 11.2. The number of halogens is 3. The minimum absolute atomic E-state index is 0. The molecule has 16 heavy (non-hydrogen) atoms. The van der Waals surface area contributed by atoms with Gasteiger partial charge in [-0.05, 0) is 19.1 Å². The molecule has 0 N–H and O–H groups in total. The molecule has 82 valence electrons. The van der Waals surface area contributed by atoms with Crippen LogP contribution in [-0.2, 0) is 0 Å². The monoisotopic (exact) mass is 254 g/mol. The summed E-state index contributed by atoms with van der Waals surface area (Å²) in [5, 5.41) is 0. The van der Waals surface area contributed by atoms with Crippen LogP contribution >= 0.6 is 0 Å². The average molecular weight is 254 g/mol. The van der Waals surface area contributed by atoms with Crippen molar-refractivity contribution in [1.29, 1.82) is 0 Å². The molecule has 0 heterocycles. The maximum absolute atomic E-state index is 12.2. The van der Waals surface area contributed by atoms with Gasteiger partial charge in [0.1, 0.15) is 12.4 Å². The molecule has 6 heteroatoms. The van der Waals surface area contributed by atoms with Gasteiger partial charge in [-0.25, -0.2) is 0 Å². The van der Waals surface area contributed by atoms with Crippen molar-refractivity contribution in [1.82, 2.24) is 0 Å². The van der Waals surface area contributed by atoms with E-state index >= 15 is 0 Å². The third-order valence-corrected chi connectivity index (χ3v) is 1.84. The van der Waals surface area contributed by atoms with Crippen molar-refractivity contribution < 1.29 is 69.1 Å². The van der Waals surface area contributed by atoms with Crippen LogP contribution in [0.5, 0.6) is 5.75 Å². The Labute approximate surface area is 136 Å². The van der Waals surface area contributed by atoms with E-state index < -0.39 is 12.4 Å². The first-order valence-electron chi connectivity index (χ1n) is 4.58. The van der Waals surface area contributed by atoms with Gasteiger partial charge in [-0.2, -0.15) is 0 Å². The Balaban J connectivity index is 0.00000225. The van der Waals surface area contributed by atoms with E-state index in [-0.39, 0.29) is 51.4 Å². The maximum Gasteiger partial charge on any atom is 1.00 e. The number of ether oxygens (including phenoxy) is 1. The molecular weight excluding hydrogens is 243 g/mol. The molecule has 0 radical (unpaired) electrons. The molecule has 0 aromatic heterocycles. The van der Waals surface area contributed by atoms with Crippen molar-refractivity contribution >= 4 is 12.4 Å². The van der Waals surface area contributed by atoms with Gasteiger partial charge >= 0.3 is 58.4 Å². The molecular formula is C10H11BF3KO. The van der Waals surface area contributed by atoms with Crippen LogP contribution in [0, 0.1) is 0 Å². The van der Waals surface area contributed by atoms with E-state index in [1.165, 1.54) is 12.1 Å². The van der Waals surface area contributed by atoms with Gasteiger partial charge in [0.2, 0.25) is 0 Å². The van der Waals surface area contributed by atoms with Crippen LogP contribution in [0.25, 0.3) is 0 Å². The molecule has 0 saturated heterocycles. The first kappa shape index (κ1) is 16.3. The Morgan fingerprint density at radius 1 is 1.19 bits per heavy atom. The minimum atomic E-state index is -4.91. The Morgan fingerprint density at radius 3 is 2.19 bits per heavy atom. The molecule has 0 aliphatic rings. The molecule has 1 rings (SSSR count). The predicted octanol–water partition coefficient (Wildman–Crippen LogP) is -0.300. The average Bonchev–Trinajstić information content (AvgIpc) is 2.18. The molecule has 0 fully saturated rings. The fourth-order valence-corrected chi connectivity index (χ4v) is 1.02. The maximum atomic E-state index is 12.2. The number of allylic oxidation sites excluding steroid dienone is 1. The van der Waals surface area contributed by atoms with E-state index in [2.05, 4.69) is 0 Å². The topological polar surface area (TPSA) is 9.23 Å². The van der Waals surface area contributed by atoms with Gasteiger partial charge in [-0.3, -0.25) is 0 Å². The molecule has 0 spiro atoms. The Hall–Kier alpha value is 0.251. The van der Waals surface area contributed by atoms with E-state index in [0.717, 1.165) is 12.1 Å². The van der Waals surface area contributed by atoms with Crippen molar-refractivity contribution in [3.63, 3.8) is 0 Å². The summed E-state index contributed by atoms with van der Waals surface area (Å²) in [6.07, 6.45) is 3.59. The van der Waals surface area contributed by atoms with Gasteiger partial charge in [-0.15, -0.1) is 5.46 Å². The predicted molar refractivity (Wildman–Crippen MR) is 55.5 cm³/mol. The molecule has 1 aromatic carbocycles. The second kappa shape index (κ2) is 7.55. The molecule has 0 unspecified atom stereocenters. The molecule has 1 nitrogen and oxygen atoms in total. The van der Waals surface area contributed by atoms with Gasteiger partial charge in [-0.1, -0.05) is 24.3 Å². The number of benzene rings is 1. The molecule has 0 amide bonds. The van der Waals surface area contributed by atoms with E-state index in [0.29, 0.717) is 12.4 Å². The van der Waals surface area contributed by atoms with Gasteiger partial charge in [0.25, 0.3) is 0 Å². The van der Waals surface area contributed by atoms with Gasteiger partial charge in [0, 0.05) is 0 Å². The van der Waals surface area contributed by atoms with Gasteiger partial charge < -0.3 is 17.7 Å². The second-order valence-corrected chi connectivity index (χ2v) is 3.02. The summed E-state index contributed by atoms with van der Waals surface area (Å²) in [7, 11) is 0. The SMILES string of the molecule is CC=CCOc1ccc([B-](F)(F)F)cc1.[K+]. The number of hydrogen-bond donors (Lipinski definition) is 0. The second-order valence-electron chi connectivity index (χ2n) is 3.02. The summed E-state index contributed by atoms with van der Waals surface area (Å²) in [6, 6.07) is 4.72. The first-order chi connectivity index (χ1) is 7.04. The fourth-order valence-electron chi connectivity index (χ4n) is 1.02. The Morgan fingerprint density at radius 2 is 1.75 bits per heavy atom. The standard InChI is InChI=1S/C10H11BF3O.K/c1-2-3-8-15-10-6-4-9(5-7-10)11(12,13)14;/h2-7H,8H2,1H3;/q-1;+1. The summed E-state index contributed by atoms with van der Waals surface area (Å²) < 4.78 is 41.9.